The minimum absolute atomic E-state index is 0.121. The van der Waals surface area contributed by atoms with Gasteiger partial charge >= 0.3 is 0 Å². The van der Waals surface area contributed by atoms with Crippen molar-refractivity contribution in [3.8, 4) is 0 Å². The van der Waals surface area contributed by atoms with Crippen molar-refractivity contribution in [1.29, 1.82) is 0 Å². The van der Waals surface area contributed by atoms with Gasteiger partial charge in [0.1, 0.15) is 0 Å². The van der Waals surface area contributed by atoms with E-state index in [9.17, 15) is 19.5 Å². The van der Waals surface area contributed by atoms with Crippen LogP contribution in [0.1, 0.15) is 40.4 Å². The smallest absolute Gasteiger partial charge is 0.264 e. The molecule has 3 aromatic rings. The number of carbonyl (C=O) groups excluding carboxylic acids is 3. The molecule has 8 nitrogen and oxygen atoms in total. The molecule has 1 spiro atoms. The summed E-state index contributed by atoms with van der Waals surface area (Å²) in [7, 11) is -3.52. The molecule has 3 aliphatic rings. The maximum Gasteiger partial charge on any atom is 0.264 e. The largest absolute Gasteiger partial charge is 0.394 e. The van der Waals surface area contributed by atoms with Gasteiger partial charge in [-0.05, 0) is 61.0 Å². The van der Waals surface area contributed by atoms with Crippen molar-refractivity contribution in [2.45, 2.75) is 62.7 Å². The number of carbonyl (C=O) groups is 3. The van der Waals surface area contributed by atoms with Gasteiger partial charge in [-0.15, -0.1) is 6.58 Å². The number of hydrogen-bond donors (Lipinski definition) is 2. The van der Waals surface area contributed by atoms with Crippen LogP contribution in [0.25, 0.3) is 0 Å². The molecule has 0 unspecified atom stereocenters. The van der Waals surface area contributed by atoms with Gasteiger partial charge in [0.25, 0.3) is 11.8 Å². The molecule has 2 N–H and O–H groups in total. The second-order valence-electron chi connectivity index (χ2n) is 13.1. The first-order valence-electron chi connectivity index (χ1n) is 15.8. The molecule has 240 valence electrons. The van der Waals surface area contributed by atoms with Crippen LogP contribution in [0.3, 0.4) is 0 Å². The van der Waals surface area contributed by atoms with Gasteiger partial charge in [0, 0.05) is 41.4 Å². The van der Waals surface area contributed by atoms with E-state index in [1.165, 1.54) is 0 Å². The van der Waals surface area contributed by atoms with Gasteiger partial charge in [0.2, 0.25) is 14.3 Å². The molecule has 1 saturated heterocycles. The normalized spacial score (nSPS) is 25.4. The van der Waals surface area contributed by atoms with E-state index in [0.717, 1.165) is 11.1 Å². The van der Waals surface area contributed by atoms with E-state index in [1.54, 1.807) is 71.4 Å². The maximum atomic E-state index is 16.3. The van der Waals surface area contributed by atoms with Crippen LogP contribution in [-0.4, -0.2) is 61.4 Å². The van der Waals surface area contributed by atoms with Crippen LogP contribution < -0.4 is 10.2 Å². The summed E-state index contributed by atoms with van der Waals surface area (Å²) in [5.41, 5.74) is 1.98. The van der Waals surface area contributed by atoms with E-state index < -0.39 is 37.6 Å². The number of aliphatic hydroxyl groups excluding tert-OH is 1. The van der Waals surface area contributed by atoms with Crippen molar-refractivity contribution < 1.29 is 28.3 Å². The zero-order chi connectivity index (χ0) is 32.8. The number of nitrogens with one attached hydrogen (secondary N) is 1. The molecular weight excluding hydrogens is 601 g/mol. The van der Waals surface area contributed by atoms with E-state index in [-0.39, 0.29) is 37.3 Å². The molecule has 1 fully saturated rings. The minimum Gasteiger partial charge on any atom is -0.394 e. The second kappa shape index (κ2) is 12.2. The molecular formula is C36H40FN3O5Si. The Morgan fingerprint density at radius 3 is 2.48 bits per heavy atom. The van der Waals surface area contributed by atoms with Gasteiger partial charge in [0.05, 0.1) is 30.9 Å². The lowest BCUT2D eigenvalue weighted by atomic mass is 9.82. The highest BCUT2D eigenvalue weighted by Crippen LogP contribution is 2.60. The summed E-state index contributed by atoms with van der Waals surface area (Å²) in [6, 6.07) is 21.5. The number of rotatable bonds is 8. The van der Waals surface area contributed by atoms with Crippen LogP contribution in [0.15, 0.2) is 85.5 Å². The molecule has 0 saturated carbocycles. The van der Waals surface area contributed by atoms with Crippen LogP contribution in [-0.2, 0) is 32.9 Å². The van der Waals surface area contributed by atoms with Gasteiger partial charge in [-0.2, -0.15) is 0 Å². The standard InChI is InChI=1S/C36H40FN3O5Si/c1-5-17-39-30-16-15-27(38-34(43)24-11-7-6-8-12-24)19-29(30)36(35(39)44)23(2)33(46(3,4)37)31(45-36)20-32(42)40-21-26-14-10-9-13-25(26)18-28(40)22-41/h5-16,19,23,28,31,33,41H,1,17-18,20-22H2,2-4H3,(H,38,43)/t23-,28+,31+,33-,36+/m1/s1. The Hall–Kier alpha value is -4.12. The monoisotopic (exact) mass is 641 g/mol. The predicted octanol–water partition coefficient (Wildman–Crippen LogP) is 5.58. The Morgan fingerprint density at radius 2 is 1.80 bits per heavy atom. The fourth-order valence-corrected chi connectivity index (χ4v) is 10.3. The zero-order valence-electron chi connectivity index (χ0n) is 26.4. The maximum absolute atomic E-state index is 16.3. The molecule has 3 amide bonds. The van der Waals surface area contributed by atoms with Gasteiger partial charge in [-0.3, -0.25) is 14.4 Å². The van der Waals surface area contributed by atoms with Crippen molar-refractivity contribution in [1.82, 2.24) is 4.90 Å². The summed E-state index contributed by atoms with van der Waals surface area (Å²) in [5, 5.41) is 13.1. The topological polar surface area (TPSA) is 99.2 Å². The number of hydrogen-bond acceptors (Lipinski definition) is 5. The first-order chi connectivity index (χ1) is 22.0. The van der Waals surface area contributed by atoms with Crippen LogP contribution in [0.2, 0.25) is 18.6 Å². The Morgan fingerprint density at radius 1 is 1.11 bits per heavy atom. The molecule has 3 aromatic carbocycles. The van der Waals surface area contributed by atoms with Crippen molar-refractivity contribution in [3.05, 3.63) is 108 Å². The van der Waals surface area contributed by atoms with E-state index in [4.69, 9.17) is 4.74 Å². The van der Waals surface area contributed by atoms with E-state index in [1.807, 2.05) is 37.3 Å². The average molecular weight is 642 g/mol. The summed E-state index contributed by atoms with van der Waals surface area (Å²) in [6.07, 6.45) is 1.16. The number of nitrogens with zero attached hydrogens (tertiary/aromatic N) is 2. The zero-order valence-corrected chi connectivity index (χ0v) is 27.4. The van der Waals surface area contributed by atoms with Crippen LogP contribution >= 0.6 is 0 Å². The Balaban J connectivity index is 1.36. The highest BCUT2D eigenvalue weighted by Gasteiger charge is 2.67. The molecule has 3 aliphatic heterocycles. The first-order valence-corrected chi connectivity index (χ1v) is 18.7. The van der Waals surface area contributed by atoms with Crippen LogP contribution in [0.5, 0.6) is 0 Å². The van der Waals surface area contributed by atoms with Crippen molar-refractivity contribution in [2.75, 3.05) is 23.4 Å². The molecule has 46 heavy (non-hydrogen) atoms. The summed E-state index contributed by atoms with van der Waals surface area (Å²) in [4.78, 5) is 44.7. The second-order valence-corrected chi connectivity index (χ2v) is 16.9. The van der Waals surface area contributed by atoms with E-state index in [0.29, 0.717) is 35.5 Å². The highest BCUT2D eigenvalue weighted by molar-refractivity contribution is 6.72. The minimum atomic E-state index is -3.52. The number of ether oxygens (including phenoxy) is 1. The van der Waals surface area contributed by atoms with Crippen LogP contribution in [0.4, 0.5) is 15.5 Å². The number of fused-ring (bicyclic) bond motifs is 3. The summed E-state index contributed by atoms with van der Waals surface area (Å²) < 4.78 is 23.1. The van der Waals surface area contributed by atoms with E-state index in [2.05, 4.69) is 11.9 Å². The Kier molecular flexibility index (Phi) is 8.47. The lowest BCUT2D eigenvalue weighted by Crippen LogP contribution is -2.48. The molecule has 10 heteroatoms. The molecule has 0 bridgehead atoms. The molecule has 3 heterocycles. The highest BCUT2D eigenvalue weighted by atomic mass is 28.4. The average Bonchev–Trinajstić information content (AvgIpc) is 3.46. The number of halogens is 1. The van der Waals surface area contributed by atoms with Crippen molar-refractivity contribution in [3.63, 3.8) is 0 Å². The first kappa shape index (κ1) is 31.8. The van der Waals surface area contributed by atoms with Crippen LogP contribution in [0, 0.1) is 5.92 Å². The summed E-state index contributed by atoms with van der Waals surface area (Å²) >= 11 is 0. The molecule has 5 atom stereocenters. The Labute approximate surface area is 270 Å². The third kappa shape index (κ3) is 5.38. The fourth-order valence-electron chi connectivity index (χ4n) is 7.76. The fraction of sp³-hybridized carbons (Fsp3) is 0.361. The van der Waals surface area contributed by atoms with E-state index >= 15 is 4.11 Å². The number of anilines is 2. The van der Waals surface area contributed by atoms with Crippen molar-refractivity contribution >= 4 is 37.5 Å². The third-order valence-electron chi connectivity index (χ3n) is 9.83. The molecule has 0 aliphatic carbocycles. The quantitative estimate of drug-likeness (QED) is 0.190. The molecule has 0 aromatic heterocycles. The molecule has 6 rings (SSSR count). The Bertz CT molecular complexity index is 1680. The number of aliphatic hydroxyl groups is 1. The SMILES string of the molecule is C=CCN1C(=O)[C@@]2(O[C@@H](CC(=O)N3Cc4ccccc4C[C@H]3CO)[C@H]([Si](C)(C)F)[C@H]2C)c2cc(NC(=O)c3ccccc3)ccc21. The van der Waals surface area contributed by atoms with Gasteiger partial charge in [0.15, 0.2) is 5.60 Å². The van der Waals surface area contributed by atoms with Gasteiger partial charge < -0.3 is 29.1 Å². The van der Waals surface area contributed by atoms with Gasteiger partial charge in [-0.1, -0.05) is 55.5 Å². The number of amides is 3. The lowest BCUT2D eigenvalue weighted by molar-refractivity contribution is -0.150. The summed E-state index contributed by atoms with van der Waals surface area (Å²) in [5.74, 6) is -1.49. The predicted molar refractivity (Wildman–Crippen MR) is 178 cm³/mol. The summed E-state index contributed by atoms with van der Waals surface area (Å²) in [6.45, 7) is 9.23. The number of benzene rings is 3. The third-order valence-corrected chi connectivity index (χ3v) is 12.3. The van der Waals surface area contributed by atoms with Crippen molar-refractivity contribution in [2.24, 2.45) is 5.92 Å². The van der Waals surface area contributed by atoms with Gasteiger partial charge in [-0.25, -0.2) is 0 Å². The molecule has 0 radical (unpaired) electrons. The lowest BCUT2D eigenvalue weighted by Gasteiger charge is -2.37.